The number of rotatable bonds is 4. The van der Waals surface area contributed by atoms with Crippen LogP contribution in [0.5, 0.6) is 0 Å². The molecule has 0 amide bonds. The number of anilines is 1. The minimum atomic E-state index is -0.513. The van der Waals surface area contributed by atoms with E-state index in [9.17, 15) is 9.59 Å². The van der Waals surface area contributed by atoms with Gasteiger partial charge in [0, 0.05) is 18.0 Å². The molecule has 2 aromatic rings. The van der Waals surface area contributed by atoms with Gasteiger partial charge in [-0.1, -0.05) is 0 Å². The number of hydrogen-bond donors (Lipinski definition) is 2. The van der Waals surface area contributed by atoms with Crippen LogP contribution in [0.1, 0.15) is 12.5 Å². The second kappa shape index (κ2) is 5.96. The van der Waals surface area contributed by atoms with Gasteiger partial charge in [-0.2, -0.15) is 0 Å². The Morgan fingerprint density at radius 1 is 1.50 bits per heavy atom. The smallest absolute Gasteiger partial charge is 0.310 e. The van der Waals surface area contributed by atoms with Crippen molar-refractivity contribution in [2.75, 3.05) is 12.3 Å². The molecule has 0 aliphatic carbocycles. The molecule has 0 fully saturated rings. The summed E-state index contributed by atoms with van der Waals surface area (Å²) in [6.07, 6.45) is 2.97. The fraction of sp³-hybridized carbons (Fsp3) is 0.231. The predicted molar refractivity (Wildman–Crippen MR) is 72.8 cm³/mol. The van der Waals surface area contributed by atoms with Crippen molar-refractivity contribution < 1.29 is 9.53 Å². The highest BCUT2D eigenvalue weighted by Gasteiger charge is 2.14. The number of aromatic amines is 1. The Morgan fingerprint density at radius 2 is 2.30 bits per heavy atom. The number of nitrogens with zero attached hydrogens (tertiary/aromatic N) is 2. The first kappa shape index (κ1) is 13.7. The number of esters is 1. The Morgan fingerprint density at radius 3 is 2.90 bits per heavy atom. The van der Waals surface area contributed by atoms with Crippen molar-refractivity contribution in [2.24, 2.45) is 0 Å². The van der Waals surface area contributed by atoms with E-state index in [0.717, 1.165) is 0 Å². The van der Waals surface area contributed by atoms with Crippen LogP contribution in [0.4, 0.5) is 5.82 Å². The standard InChI is InChI=1S/C13H14N4O3/c1-2-20-10(18)6-9-11(14)16-12(17-13(9)19)8-4-3-5-15-7-8/h3-5,7H,2,6H2,1H3,(H3,14,16,17,19). The Labute approximate surface area is 114 Å². The lowest BCUT2D eigenvalue weighted by atomic mass is 10.2. The molecule has 2 heterocycles. The van der Waals surface area contributed by atoms with Crippen molar-refractivity contribution in [3.63, 3.8) is 0 Å². The van der Waals surface area contributed by atoms with E-state index in [1.807, 2.05) is 0 Å². The van der Waals surface area contributed by atoms with Crippen LogP contribution in [0, 0.1) is 0 Å². The van der Waals surface area contributed by atoms with Crippen LogP contribution in [-0.4, -0.2) is 27.5 Å². The van der Waals surface area contributed by atoms with Gasteiger partial charge in [0.25, 0.3) is 5.56 Å². The van der Waals surface area contributed by atoms with Crippen molar-refractivity contribution in [1.82, 2.24) is 15.0 Å². The van der Waals surface area contributed by atoms with Gasteiger partial charge in [-0.25, -0.2) is 4.98 Å². The number of nitrogens with two attached hydrogens (primary N) is 1. The van der Waals surface area contributed by atoms with Crippen LogP contribution in [-0.2, 0) is 16.0 Å². The summed E-state index contributed by atoms with van der Waals surface area (Å²) in [5, 5.41) is 0. The number of pyridine rings is 1. The van der Waals surface area contributed by atoms with Gasteiger partial charge < -0.3 is 15.5 Å². The zero-order valence-electron chi connectivity index (χ0n) is 10.9. The molecular formula is C13H14N4O3. The number of carbonyl (C=O) groups is 1. The van der Waals surface area contributed by atoms with E-state index in [0.29, 0.717) is 11.4 Å². The lowest BCUT2D eigenvalue weighted by molar-refractivity contribution is -0.142. The third kappa shape index (κ3) is 3.00. The van der Waals surface area contributed by atoms with Gasteiger partial charge >= 0.3 is 5.97 Å². The Hall–Kier alpha value is -2.70. The third-order valence-electron chi connectivity index (χ3n) is 2.61. The summed E-state index contributed by atoms with van der Waals surface area (Å²) in [6, 6.07) is 3.47. The maximum atomic E-state index is 12.0. The molecule has 0 spiro atoms. The monoisotopic (exact) mass is 274 g/mol. The molecule has 0 bridgehead atoms. The van der Waals surface area contributed by atoms with E-state index < -0.39 is 11.5 Å². The lowest BCUT2D eigenvalue weighted by Gasteiger charge is -2.06. The van der Waals surface area contributed by atoms with E-state index >= 15 is 0 Å². The summed E-state index contributed by atoms with van der Waals surface area (Å²) in [5.74, 6) is -0.186. The molecule has 0 aliphatic heterocycles. The van der Waals surface area contributed by atoms with Gasteiger partial charge in [0.1, 0.15) is 11.6 Å². The molecule has 0 radical (unpaired) electrons. The van der Waals surface area contributed by atoms with E-state index in [2.05, 4.69) is 15.0 Å². The lowest BCUT2D eigenvalue weighted by Crippen LogP contribution is -2.22. The van der Waals surface area contributed by atoms with Gasteiger partial charge in [-0.3, -0.25) is 14.6 Å². The molecule has 104 valence electrons. The summed E-state index contributed by atoms with van der Waals surface area (Å²) >= 11 is 0. The second-order valence-corrected chi connectivity index (χ2v) is 4.00. The van der Waals surface area contributed by atoms with Crippen LogP contribution in [0.15, 0.2) is 29.3 Å². The fourth-order valence-corrected chi connectivity index (χ4v) is 1.68. The average Bonchev–Trinajstić information content (AvgIpc) is 2.44. The minimum absolute atomic E-state index is 0.0145. The first-order valence-corrected chi connectivity index (χ1v) is 6.06. The normalized spacial score (nSPS) is 10.2. The molecule has 7 nitrogen and oxygen atoms in total. The number of nitrogen functional groups attached to an aromatic ring is 1. The highest BCUT2D eigenvalue weighted by atomic mass is 16.5. The molecule has 0 aliphatic rings. The van der Waals surface area contributed by atoms with E-state index in [1.165, 1.54) is 0 Å². The predicted octanol–water partition coefficient (Wildman–Crippen LogP) is 0.520. The highest BCUT2D eigenvalue weighted by Crippen LogP contribution is 2.14. The van der Waals surface area contributed by atoms with E-state index in [4.69, 9.17) is 10.5 Å². The van der Waals surface area contributed by atoms with Crippen LogP contribution >= 0.6 is 0 Å². The Balaban J connectivity index is 2.35. The van der Waals surface area contributed by atoms with Gasteiger partial charge in [0.05, 0.1) is 18.6 Å². The summed E-state index contributed by atoms with van der Waals surface area (Å²) in [7, 11) is 0. The van der Waals surface area contributed by atoms with Crippen molar-refractivity contribution in [3.05, 3.63) is 40.4 Å². The van der Waals surface area contributed by atoms with Crippen LogP contribution < -0.4 is 11.3 Å². The zero-order chi connectivity index (χ0) is 14.5. The van der Waals surface area contributed by atoms with Gasteiger partial charge in [-0.05, 0) is 19.1 Å². The molecule has 0 saturated carbocycles. The average molecular weight is 274 g/mol. The van der Waals surface area contributed by atoms with Crippen LogP contribution in [0.3, 0.4) is 0 Å². The van der Waals surface area contributed by atoms with Crippen molar-refractivity contribution in [2.45, 2.75) is 13.3 Å². The summed E-state index contributed by atoms with van der Waals surface area (Å²) in [5.41, 5.74) is 6.04. The fourth-order valence-electron chi connectivity index (χ4n) is 1.68. The molecule has 0 aromatic carbocycles. The number of carbonyl (C=O) groups excluding carboxylic acids is 1. The molecular weight excluding hydrogens is 260 g/mol. The molecule has 7 heteroatoms. The number of ether oxygens (including phenoxy) is 1. The highest BCUT2D eigenvalue weighted by molar-refractivity contribution is 5.74. The van der Waals surface area contributed by atoms with Crippen molar-refractivity contribution in [3.8, 4) is 11.4 Å². The van der Waals surface area contributed by atoms with E-state index in [1.54, 1.807) is 31.5 Å². The number of nitrogens with one attached hydrogen (secondary N) is 1. The zero-order valence-corrected chi connectivity index (χ0v) is 10.9. The van der Waals surface area contributed by atoms with Gasteiger partial charge in [0.15, 0.2) is 0 Å². The molecule has 0 saturated heterocycles. The number of aromatic nitrogens is 3. The molecule has 0 atom stereocenters. The maximum Gasteiger partial charge on any atom is 0.310 e. The summed E-state index contributed by atoms with van der Waals surface area (Å²) in [4.78, 5) is 34.0. The molecule has 0 unspecified atom stereocenters. The largest absolute Gasteiger partial charge is 0.466 e. The van der Waals surface area contributed by atoms with Crippen LogP contribution in [0.2, 0.25) is 0 Å². The Bertz CT molecular complexity index is 667. The van der Waals surface area contributed by atoms with Gasteiger partial charge in [0.2, 0.25) is 0 Å². The Kier molecular flexibility index (Phi) is 4.09. The van der Waals surface area contributed by atoms with Crippen LogP contribution in [0.25, 0.3) is 11.4 Å². The van der Waals surface area contributed by atoms with Gasteiger partial charge in [-0.15, -0.1) is 0 Å². The van der Waals surface area contributed by atoms with E-state index in [-0.39, 0.29) is 24.4 Å². The maximum absolute atomic E-state index is 12.0. The third-order valence-corrected chi connectivity index (χ3v) is 2.61. The minimum Gasteiger partial charge on any atom is -0.466 e. The molecule has 20 heavy (non-hydrogen) atoms. The first-order chi connectivity index (χ1) is 9.61. The van der Waals surface area contributed by atoms with Crippen molar-refractivity contribution >= 4 is 11.8 Å². The molecule has 3 N–H and O–H groups in total. The first-order valence-electron chi connectivity index (χ1n) is 6.06. The number of hydrogen-bond acceptors (Lipinski definition) is 6. The topological polar surface area (TPSA) is 111 Å². The number of H-pyrrole nitrogens is 1. The SMILES string of the molecule is CCOC(=O)Cc1c(N)nc(-c2cccnc2)[nH]c1=O. The second-order valence-electron chi connectivity index (χ2n) is 4.00. The summed E-state index contributed by atoms with van der Waals surface area (Å²) in [6.45, 7) is 1.94. The van der Waals surface area contributed by atoms with Crippen molar-refractivity contribution in [1.29, 1.82) is 0 Å². The molecule has 2 rings (SSSR count). The summed E-state index contributed by atoms with van der Waals surface area (Å²) < 4.78 is 4.79. The quantitative estimate of drug-likeness (QED) is 0.786. The molecule has 2 aromatic heterocycles.